The quantitative estimate of drug-likeness (QED) is 0.784. The summed E-state index contributed by atoms with van der Waals surface area (Å²) in [6.45, 7) is 3.45. The van der Waals surface area contributed by atoms with Crippen molar-refractivity contribution in [2.45, 2.75) is 31.2 Å². The van der Waals surface area contributed by atoms with E-state index in [9.17, 15) is 0 Å². The molecule has 1 aliphatic carbocycles. The number of rotatable bonds is 1. The second-order valence-electron chi connectivity index (χ2n) is 5.76. The summed E-state index contributed by atoms with van der Waals surface area (Å²) < 4.78 is 1.19. The number of benzene rings is 1. The van der Waals surface area contributed by atoms with Crippen molar-refractivity contribution in [1.29, 1.82) is 0 Å². The van der Waals surface area contributed by atoms with E-state index in [1.807, 2.05) is 11.3 Å². The molecular formula is C16H16BrNS. The summed E-state index contributed by atoms with van der Waals surface area (Å²) in [6.07, 6.45) is 2.71. The van der Waals surface area contributed by atoms with Gasteiger partial charge < -0.3 is 5.32 Å². The number of nitrogens with one attached hydrogen (secondary N) is 1. The molecule has 0 bridgehead atoms. The smallest absolute Gasteiger partial charge is 0.0360 e. The average Bonchev–Trinajstić information content (AvgIpc) is 3.04. The molecule has 1 unspecified atom stereocenters. The van der Waals surface area contributed by atoms with Crippen LogP contribution in [0.25, 0.3) is 10.4 Å². The standard InChI is InChI=1S/C16H16BrNS/c1-10-12-8-14(11-4-2-3-5-13(11)17)19-15(12)16(6-7-16)9-18-10/h2-5,8,10,18H,6-7,9H2,1H3. The van der Waals surface area contributed by atoms with Gasteiger partial charge in [0, 0.05) is 37.8 Å². The zero-order chi connectivity index (χ0) is 13.0. The van der Waals surface area contributed by atoms with E-state index in [2.05, 4.69) is 58.5 Å². The van der Waals surface area contributed by atoms with Crippen molar-refractivity contribution < 1.29 is 0 Å². The number of hydrogen-bond donors (Lipinski definition) is 1. The van der Waals surface area contributed by atoms with Crippen molar-refractivity contribution in [2.75, 3.05) is 6.54 Å². The van der Waals surface area contributed by atoms with E-state index in [0.717, 1.165) is 6.54 Å². The Kier molecular flexibility index (Phi) is 2.66. The van der Waals surface area contributed by atoms with Gasteiger partial charge in [0.05, 0.1) is 0 Å². The minimum absolute atomic E-state index is 0.478. The molecule has 0 amide bonds. The topological polar surface area (TPSA) is 12.0 Å². The summed E-state index contributed by atoms with van der Waals surface area (Å²) in [7, 11) is 0. The van der Waals surface area contributed by atoms with Gasteiger partial charge in [-0.15, -0.1) is 11.3 Å². The predicted octanol–water partition coefficient (Wildman–Crippen LogP) is 4.87. The predicted molar refractivity (Wildman–Crippen MR) is 84.8 cm³/mol. The lowest BCUT2D eigenvalue weighted by Gasteiger charge is -2.27. The van der Waals surface area contributed by atoms with Crippen LogP contribution in [-0.4, -0.2) is 6.54 Å². The Balaban J connectivity index is 1.86. The largest absolute Gasteiger partial charge is 0.309 e. The molecule has 1 fully saturated rings. The van der Waals surface area contributed by atoms with Crippen molar-refractivity contribution in [3.8, 4) is 10.4 Å². The van der Waals surface area contributed by atoms with Crippen LogP contribution in [0.15, 0.2) is 34.8 Å². The number of thiophene rings is 1. The number of fused-ring (bicyclic) bond motifs is 2. The lowest BCUT2D eigenvalue weighted by Crippen LogP contribution is -2.34. The van der Waals surface area contributed by atoms with E-state index >= 15 is 0 Å². The fourth-order valence-corrected chi connectivity index (χ4v) is 5.20. The third-order valence-electron chi connectivity index (χ3n) is 4.45. The molecule has 0 saturated heterocycles. The van der Waals surface area contributed by atoms with Crippen LogP contribution in [0.1, 0.15) is 36.2 Å². The first kappa shape index (κ1) is 12.1. The average molecular weight is 334 g/mol. The van der Waals surface area contributed by atoms with Gasteiger partial charge in [-0.05, 0) is 37.5 Å². The minimum Gasteiger partial charge on any atom is -0.309 e. The molecule has 0 radical (unpaired) electrons. The van der Waals surface area contributed by atoms with Crippen LogP contribution >= 0.6 is 27.3 Å². The maximum absolute atomic E-state index is 3.68. The molecule has 3 heteroatoms. The van der Waals surface area contributed by atoms with Gasteiger partial charge in [-0.25, -0.2) is 0 Å². The Labute approximate surface area is 126 Å². The molecule has 98 valence electrons. The monoisotopic (exact) mass is 333 g/mol. The highest BCUT2D eigenvalue weighted by Crippen LogP contribution is 2.56. The van der Waals surface area contributed by atoms with Crippen LogP contribution < -0.4 is 5.32 Å². The molecule has 4 rings (SSSR count). The summed E-state index contributed by atoms with van der Waals surface area (Å²) in [5.74, 6) is 0. The van der Waals surface area contributed by atoms with Crippen molar-refractivity contribution in [2.24, 2.45) is 0 Å². The van der Waals surface area contributed by atoms with Gasteiger partial charge in [-0.2, -0.15) is 0 Å². The van der Waals surface area contributed by atoms with Crippen LogP contribution in [0.4, 0.5) is 0 Å². The summed E-state index contributed by atoms with van der Waals surface area (Å²) in [6, 6.07) is 11.4. The van der Waals surface area contributed by atoms with Crippen LogP contribution in [0, 0.1) is 0 Å². The third kappa shape index (κ3) is 1.83. The molecule has 1 aromatic carbocycles. The van der Waals surface area contributed by atoms with Crippen LogP contribution in [-0.2, 0) is 5.41 Å². The molecule has 2 aromatic rings. The highest BCUT2D eigenvalue weighted by Gasteiger charge is 2.49. The lowest BCUT2D eigenvalue weighted by molar-refractivity contribution is 0.474. The fourth-order valence-electron chi connectivity index (χ4n) is 3.03. The van der Waals surface area contributed by atoms with Crippen LogP contribution in [0.3, 0.4) is 0 Å². The van der Waals surface area contributed by atoms with Gasteiger partial charge in [0.1, 0.15) is 0 Å². The maximum Gasteiger partial charge on any atom is 0.0360 e. The Morgan fingerprint density at radius 3 is 2.84 bits per heavy atom. The molecular weight excluding hydrogens is 318 g/mol. The molecule has 1 saturated carbocycles. The zero-order valence-electron chi connectivity index (χ0n) is 10.9. The van der Waals surface area contributed by atoms with Gasteiger partial charge >= 0.3 is 0 Å². The Bertz CT molecular complexity index is 642. The highest BCUT2D eigenvalue weighted by molar-refractivity contribution is 9.10. The molecule has 1 aliphatic heterocycles. The molecule has 1 N–H and O–H groups in total. The summed E-state index contributed by atoms with van der Waals surface area (Å²) in [4.78, 5) is 3.05. The van der Waals surface area contributed by atoms with Crippen molar-refractivity contribution in [3.05, 3.63) is 45.2 Å². The van der Waals surface area contributed by atoms with Crippen molar-refractivity contribution in [3.63, 3.8) is 0 Å². The maximum atomic E-state index is 3.68. The second-order valence-corrected chi connectivity index (χ2v) is 7.66. The second kappa shape index (κ2) is 4.18. The SMILES string of the molecule is CC1NCC2(CC2)c2sc(-c3ccccc3Br)cc21. The van der Waals surface area contributed by atoms with Gasteiger partial charge in [-0.3, -0.25) is 0 Å². The third-order valence-corrected chi connectivity index (χ3v) is 6.57. The van der Waals surface area contributed by atoms with E-state index in [0.29, 0.717) is 11.5 Å². The summed E-state index contributed by atoms with van der Waals surface area (Å²) >= 11 is 5.68. The summed E-state index contributed by atoms with van der Waals surface area (Å²) in [5, 5.41) is 3.67. The highest BCUT2D eigenvalue weighted by atomic mass is 79.9. The Morgan fingerprint density at radius 1 is 1.32 bits per heavy atom. The normalized spacial score (nSPS) is 23.4. The first-order chi connectivity index (χ1) is 9.20. The molecule has 1 aromatic heterocycles. The number of halogens is 1. The molecule has 2 aliphatic rings. The van der Waals surface area contributed by atoms with Crippen molar-refractivity contribution in [1.82, 2.24) is 5.32 Å². The van der Waals surface area contributed by atoms with Gasteiger partial charge in [0.2, 0.25) is 0 Å². The molecule has 1 atom stereocenters. The van der Waals surface area contributed by atoms with Gasteiger partial charge in [0.15, 0.2) is 0 Å². The van der Waals surface area contributed by atoms with E-state index < -0.39 is 0 Å². The van der Waals surface area contributed by atoms with Crippen LogP contribution in [0.2, 0.25) is 0 Å². The zero-order valence-corrected chi connectivity index (χ0v) is 13.3. The van der Waals surface area contributed by atoms with E-state index in [4.69, 9.17) is 0 Å². The molecule has 19 heavy (non-hydrogen) atoms. The Hall–Kier alpha value is -0.640. The molecule has 2 heterocycles. The minimum atomic E-state index is 0.478. The lowest BCUT2D eigenvalue weighted by atomic mass is 9.92. The van der Waals surface area contributed by atoms with E-state index in [-0.39, 0.29) is 0 Å². The van der Waals surface area contributed by atoms with Crippen LogP contribution in [0.5, 0.6) is 0 Å². The molecule has 1 nitrogen and oxygen atoms in total. The first-order valence-corrected chi connectivity index (χ1v) is 8.43. The van der Waals surface area contributed by atoms with Gasteiger partial charge in [-0.1, -0.05) is 34.1 Å². The first-order valence-electron chi connectivity index (χ1n) is 6.82. The fraction of sp³-hybridized carbons (Fsp3) is 0.375. The van der Waals surface area contributed by atoms with Gasteiger partial charge in [0.25, 0.3) is 0 Å². The number of hydrogen-bond acceptors (Lipinski definition) is 2. The Morgan fingerprint density at radius 2 is 2.11 bits per heavy atom. The van der Waals surface area contributed by atoms with Crippen molar-refractivity contribution >= 4 is 27.3 Å². The molecule has 1 spiro atoms. The van der Waals surface area contributed by atoms with E-state index in [1.165, 1.54) is 33.3 Å². The van der Waals surface area contributed by atoms with E-state index in [1.54, 1.807) is 4.88 Å². The summed E-state index contributed by atoms with van der Waals surface area (Å²) in [5.41, 5.74) is 3.33.